The molecule has 5 heteroatoms. The van der Waals surface area contributed by atoms with Gasteiger partial charge in [0.05, 0.1) is 5.69 Å². The summed E-state index contributed by atoms with van der Waals surface area (Å²) in [5, 5.41) is 4.43. The Balaban J connectivity index is 1.79. The Labute approximate surface area is 155 Å². The van der Waals surface area contributed by atoms with Crippen molar-refractivity contribution in [2.75, 3.05) is 24.2 Å². The summed E-state index contributed by atoms with van der Waals surface area (Å²) < 4.78 is 0. The molecule has 1 heterocycles. The van der Waals surface area contributed by atoms with Gasteiger partial charge in [0.25, 0.3) is 0 Å². The number of rotatable bonds is 9. The lowest BCUT2D eigenvalue weighted by Gasteiger charge is -2.37. The second-order valence-corrected chi connectivity index (χ2v) is 7.69. The molecule has 4 nitrogen and oxygen atoms in total. The van der Waals surface area contributed by atoms with Crippen LogP contribution in [0.15, 0.2) is 41.4 Å². The van der Waals surface area contributed by atoms with Crippen molar-refractivity contribution in [1.29, 1.82) is 0 Å². The van der Waals surface area contributed by atoms with Gasteiger partial charge in [-0.2, -0.15) is 0 Å². The maximum absolute atomic E-state index is 5.67. The van der Waals surface area contributed by atoms with Gasteiger partial charge in [-0.1, -0.05) is 43.7 Å². The molecular formula is C20H28N4S. The van der Waals surface area contributed by atoms with Gasteiger partial charge in [-0.3, -0.25) is 0 Å². The summed E-state index contributed by atoms with van der Waals surface area (Å²) >= 11 is 1.72. The van der Waals surface area contributed by atoms with Crippen LogP contribution in [0.4, 0.5) is 5.95 Å². The molecule has 1 saturated carbocycles. The van der Waals surface area contributed by atoms with E-state index in [1.165, 1.54) is 30.5 Å². The summed E-state index contributed by atoms with van der Waals surface area (Å²) in [5.74, 6) is 2.72. The van der Waals surface area contributed by atoms with E-state index in [1.54, 1.807) is 11.8 Å². The molecule has 134 valence electrons. The first-order valence-corrected chi connectivity index (χ1v) is 10.3. The van der Waals surface area contributed by atoms with Crippen molar-refractivity contribution < 1.29 is 0 Å². The normalized spacial score (nSPS) is 19.4. The first kappa shape index (κ1) is 18.2. The van der Waals surface area contributed by atoms with E-state index in [4.69, 9.17) is 10.7 Å². The average molecular weight is 357 g/mol. The van der Waals surface area contributed by atoms with E-state index in [-0.39, 0.29) is 0 Å². The Morgan fingerprint density at radius 1 is 1.16 bits per heavy atom. The number of hydrogen-bond donors (Lipinski definition) is 2. The molecule has 0 saturated heterocycles. The lowest BCUT2D eigenvalue weighted by Crippen LogP contribution is -2.23. The molecule has 2 aromatic rings. The maximum atomic E-state index is 5.67. The molecule has 1 aromatic heterocycles. The van der Waals surface area contributed by atoms with Crippen LogP contribution in [0.3, 0.4) is 0 Å². The highest BCUT2D eigenvalue weighted by atomic mass is 32.2. The smallest absolute Gasteiger partial charge is 0.223 e. The van der Waals surface area contributed by atoms with Crippen LogP contribution in [-0.2, 0) is 0 Å². The van der Waals surface area contributed by atoms with Gasteiger partial charge in [-0.15, -0.1) is 11.8 Å². The van der Waals surface area contributed by atoms with E-state index in [2.05, 4.69) is 53.6 Å². The largest absolute Gasteiger partial charge is 0.354 e. The highest BCUT2D eigenvalue weighted by Gasteiger charge is 2.34. The van der Waals surface area contributed by atoms with Crippen molar-refractivity contribution >= 4 is 17.7 Å². The van der Waals surface area contributed by atoms with Crippen LogP contribution in [-0.4, -0.2) is 28.8 Å². The van der Waals surface area contributed by atoms with E-state index in [0.717, 1.165) is 29.7 Å². The van der Waals surface area contributed by atoms with E-state index >= 15 is 0 Å². The number of anilines is 1. The van der Waals surface area contributed by atoms with Crippen LogP contribution in [0.25, 0.3) is 0 Å². The van der Waals surface area contributed by atoms with E-state index in [1.807, 2.05) is 0 Å². The van der Waals surface area contributed by atoms with Crippen molar-refractivity contribution in [1.82, 2.24) is 9.97 Å². The molecule has 1 aliphatic carbocycles. The lowest BCUT2D eigenvalue weighted by atomic mass is 9.68. The number of benzene rings is 1. The number of aromatic nitrogens is 2. The van der Waals surface area contributed by atoms with Gasteiger partial charge in [-0.05, 0) is 36.8 Å². The molecule has 0 aliphatic heterocycles. The third-order valence-corrected chi connectivity index (χ3v) is 5.73. The number of hydrogen-bond acceptors (Lipinski definition) is 5. The molecule has 0 bridgehead atoms. The second kappa shape index (κ2) is 9.20. The summed E-state index contributed by atoms with van der Waals surface area (Å²) in [4.78, 5) is 9.51. The fourth-order valence-electron chi connectivity index (χ4n) is 3.28. The monoisotopic (exact) mass is 356 g/mol. The van der Waals surface area contributed by atoms with Gasteiger partial charge in [-0.25, -0.2) is 9.97 Å². The van der Waals surface area contributed by atoms with E-state index in [0.29, 0.717) is 18.4 Å². The summed E-state index contributed by atoms with van der Waals surface area (Å²) in [6.45, 7) is 3.78. The minimum Gasteiger partial charge on any atom is -0.354 e. The SMILES string of the molecule is CCCCNc1nc(SCCN)cc(C2CCC2c2ccccc2)n1. The van der Waals surface area contributed by atoms with Crippen molar-refractivity contribution in [3.05, 3.63) is 47.7 Å². The minimum absolute atomic E-state index is 0.495. The highest BCUT2D eigenvalue weighted by molar-refractivity contribution is 7.99. The summed E-state index contributed by atoms with van der Waals surface area (Å²) in [6.07, 6.45) is 4.74. The average Bonchev–Trinajstić information content (AvgIpc) is 2.60. The molecule has 0 radical (unpaired) electrons. The van der Waals surface area contributed by atoms with Gasteiger partial charge in [0.15, 0.2) is 0 Å². The Bertz CT molecular complexity index is 662. The molecule has 3 rings (SSSR count). The Hall–Kier alpha value is -1.59. The van der Waals surface area contributed by atoms with Crippen LogP contribution < -0.4 is 11.1 Å². The number of thioether (sulfide) groups is 1. The number of unbranched alkanes of at least 4 members (excludes halogenated alkanes) is 1. The van der Waals surface area contributed by atoms with Crippen molar-refractivity contribution in [3.63, 3.8) is 0 Å². The quantitative estimate of drug-likeness (QED) is 0.396. The maximum Gasteiger partial charge on any atom is 0.223 e. The lowest BCUT2D eigenvalue weighted by molar-refractivity contribution is 0.339. The standard InChI is InChI=1S/C20H28N4S/c1-2-3-12-22-20-23-18(14-19(24-20)25-13-11-21)17-10-9-16(17)15-7-5-4-6-8-15/h4-8,14,16-17H,2-3,9-13,21H2,1H3,(H,22,23,24). The van der Waals surface area contributed by atoms with Crippen molar-refractivity contribution in [2.45, 2.75) is 49.5 Å². The first-order chi connectivity index (χ1) is 12.3. The van der Waals surface area contributed by atoms with Crippen LogP contribution in [0, 0.1) is 0 Å². The highest BCUT2D eigenvalue weighted by Crippen LogP contribution is 2.48. The molecule has 3 N–H and O–H groups in total. The van der Waals surface area contributed by atoms with Crippen LogP contribution in [0.1, 0.15) is 55.7 Å². The van der Waals surface area contributed by atoms with Crippen LogP contribution in [0.5, 0.6) is 0 Å². The van der Waals surface area contributed by atoms with Crippen molar-refractivity contribution in [2.24, 2.45) is 5.73 Å². The number of nitrogens with zero attached hydrogens (tertiary/aromatic N) is 2. The molecule has 0 amide bonds. The molecule has 2 unspecified atom stereocenters. The van der Waals surface area contributed by atoms with E-state index in [9.17, 15) is 0 Å². The fraction of sp³-hybridized carbons (Fsp3) is 0.500. The third kappa shape index (κ3) is 4.73. The Kier molecular flexibility index (Phi) is 6.70. The topological polar surface area (TPSA) is 63.8 Å². The van der Waals surface area contributed by atoms with E-state index < -0.39 is 0 Å². The van der Waals surface area contributed by atoms with Gasteiger partial charge < -0.3 is 11.1 Å². The predicted molar refractivity (Wildman–Crippen MR) is 106 cm³/mol. The molecule has 0 spiro atoms. The molecular weight excluding hydrogens is 328 g/mol. The fourth-order valence-corrected chi connectivity index (χ4v) is 3.96. The number of nitrogens with two attached hydrogens (primary N) is 1. The van der Waals surface area contributed by atoms with Crippen LogP contribution >= 0.6 is 11.8 Å². The summed E-state index contributed by atoms with van der Waals surface area (Å²) in [5.41, 5.74) is 8.27. The summed E-state index contributed by atoms with van der Waals surface area (Å²) in [7, 11) is 0. The van der Waals surface area contributed by atoms with Crippen molar-refractivity contribution in [3.8, 4) is 0 Å². The molecule has 2 atom stereocenters. The Morgan fingerprint density at radius 3 is 2.64 bits per heavy atom. The molecule has 1 fully saturated rings. The van der Waals surface area contributed by atoms with Gasteiger partial charge >= 0.3 is 0 Å². The van der Waals surface area contributed by atoms with Gasteiger partial charge in [0.1, 0.15) is 5.03 Å². The number of nitrogens with one attached hydrogen (secondary N) is 1. The zero-order chi connectivity index (χ0) is 17.5. The second-order valence-electron chi connectivity index (χ2n) is 6.57. The Morgan fingerprint density at radius 2 is 1.96 bits per heavy atom. The molecule has 1 aliphatic rings. The first-order valence-electron chi connectivity index (χ1n) is 9.32. The predicted octanol–water partition coefficient (Wildman–Crippen LogP) is 4.40. The zero-order valence-electron chi connectivity index (χ0n) is 14.9. The van der Waals surface area contributed by atoms with Gasteiger partial charge in [0, 0.05) is 24.8 Å². The zero-order valence-corrected chi connectivity index (χ0v) is 15.8. The van der Waals surface area contributed by atoms with Gasteiger partial charge in [0.2, 0.25) is 5.95 Å². The van der Waals surface area contributed by atoms with Crippen LogP contribution in [0.2, 0.25) is 0 Å². The summed E-state index contributed by atoms with van der Waals surface area (Å²) in [6, 6.07) is 13.0. The minimum atomic E-state index is 0.495. The third-order valence-electron chi connectivity index (χ3n) is 4.79. The molecule has 1 aromatic carbocycles. The molecule has 25 heavy (non-hydrogen) atoms.